The molecule has 2 aliphatic heterocycles. The van der Waals surface area contributed by atoms with Gasteiger partial charge in [-0.1, -0.05) is 29.8 Å². The van der Waals surface area contributed by atoms with Gasteiger partial charge in [0.2, 0.25) is 0 Å². The van der Waals surface area contributed by atoms with Gasteiger partial charge in [-0.15, -0.1) is 0 Å². The van der Waals surface area contributed by atoms with E-state index < -0.39 is 5.97 Å². The van der Waals surface area contributed by atoms with Gasteiger partial charge in [0, 0.05) is 12.3 Å². The van der Waals surface area contributed by atoms with Crippen LogP contribution in [0.5, 0.6) is 0 Å². The molecule has 1 aromatic carbocycles. The van der Waals surface area contributed by atoms with E-state index in [0.29, 0.717) is 23.4 Å². The summed E-state index contributed by atoms with van der Waals surface area (Å²) in [6.45, 7) is 4.97. The van der Waals surface area contributed by atoms with Gasteiger partial charge in [0.15, 0.2) is 0 Å². The molecule has 0 aromatic heterocycles. The van der Waals surface area contributed by atoms with Gasteiger partial charge in [0.25, 0.3) is 5.91 Å². The Hall–Kier alpha value is -2.40. The molecule has 0 radical (unpaired) electrons. The van der Waals surface area contributed by atoms with Crippen LogP contribution in [0.3, 0.4) is 0 Å². The molecule has 2 aliphatic rings. The Balaban J connectivity index is 1.98. The number of amides is 1. The number of esters is 1. The highest BCUT2D eigenvalue weighted by molar-refractivity contribution is 6.16. The van der Waals surface area contributed by atoms with E-state index in [4.69, 9.17) is 9.47 Å². The normalized spacial score (nSPS) is 22.2. The van der Waals surface area contributed by atoms with E-state index >= 15 is 0 Å². The first-order valence-electron chi connectivity index (χ1n) is 8.52. The Morgan fingerprint density at radius 3 is 2.84 bits per heavy atom. The van der Waals surface area contributed by atoms with Crippen molar-refractivity contribution >= 4 is 18.0 Å². The molecule has 25 heavy (non-hydrogen) atoms. The van der Waals surface area contributed by atoms with Crippen molar-refractivity contribution in [3.05, 3.63) is 52.2 Å². The van der Waals surface area contributed by atoms with E-state index in [2.05, 4.69) is 0 Å². The summed E-state index contributed by atoms with van der Waals surface area (Å²) in [5.74, 6) is -0.658. The Labute approximate surface area is 147 Å². The fraction of sp³-hybridized carbons (Fsp3) is 0.400. The molecule has 0 unspecified atom stereocenters. The zero-order valence-corrected chi connectivity index (χ0v) is 14.9. The molecule has 1 fully saturated rings. The van der Waals surface area contributed by atoms with Crippen molar-refractivity contribution in [2.24, 2.45) is 0 Å². The Morgan fingerprint density at radius 2 is 2.20 bits per heavy atom. The maximum absolute atomic E-state index is 13.0. The molecule has 2 heterocycles. The Bertz CT molecular complexity index is 757. The summed E-state index contributed by atoms with van der Waals surface area (Å²) in [6, 6.07) is 7.82. The van der Waals surface area contributed by atoms with Crippen molar-refractivity contribution in [3.8, 4) is 0 Å². The van der Waals surface area contributed by atoms with Gasteiger partial charge >= 0.3 is 5.97 Å². The van der Waals surface area contributed by atoms with Crippen LogP contribution in [0, 0.1) is 6.92 Å². The van der Waals surface area contributed by atoms with Gasteiger partial charge < -0.3 is 14.4 Å². The zero-order chi connectivity index (χ0) is 18.0. The quantitative estimate of drug-likeness (QED) is 0.624. The molecule has 0 aliphatic carbocycles. The van der Waals surface area contributed by atoms with Crippen LogP contribution in [0.25, 0.3) is 6.08 Å². The number of allylic oxidation sites excluding steroid dienone is 1. The summed E-state index contributed by atoms with van der Waals surface area (Å²) in [4.78, 5) is 26.9. The number of carbonyl (C=O) groups excluding carboxylic acids is 2. The SMILES string of the molecule is COC(=O)C1=C(C)N(C[C@H]2CCCO2)C(=O)/C1=C\c1cccc(C)c1. The van der Waals surface area contributed by atoms with Crippen molar-refractivity contribution < 1.29 is 19.1 Å². The standard InChI is InChI=1S/C20H23NO4/c1-13-6-4-7-15(10-13)11-17-18(20(23)24-3)14(2)21(19(17)22)12-16-8-5-9-25-16/h4,6-7,10-11,16H,5,8-9,12H2,1-3H3/b17-11-/t16-/m1/s1. The first-order chi connectivity index (χ1) is 12.0. The fourth-order valence-electron chi connectivity index (χ4n) is 3.37. The van der Waals surface area contributed by atoms with E-state index in [9.17, 15) is 9.59 Å². The maximum atomic E-state index is 13.0. The van der Waals surface area contributed by atoms with Crippen LogP contribution >= 0.6 is 0 Å². The predicted octanol–water partition coefficient (Wildman–Crippen LogP) is 2.85. The highest BCUT2D eigenvalue weighted by Gasteiger charge is 2.38. The van der Waals surface area contributed by atoms with E-state index in [1.54, 1.807) is 17.9 Å². The summed E-state index contributed by atoms with van der Waals surface area (Å²) in [5, 5.41) is 0. The zero-order valence-electron chi connectivity index (χ0n) is 14.9. The number of nitrogens with zero attached hydrogens (tertiary/aromatic N) is 1. The lowest BCUT2D eigenvalue weighted by atomic mass is 10.0. The van der Waals surface area contributed by atoms with Crippen LogP contribution in [0.4, 0.5) is 0 Å². The van der Waals surface area contributed by atoms with Crippen LogP contribution in [0.1, 0.15) is 30.9 Å². The average Bonchev–Trinajstić information content (AvgIpc) is 3.18. The monoisotopic (exact) mass is 341 g/mol. The van der Waals surface area contributed by atoms with Crippen molar-refractivity contribution in [1.29, 1.82) is 0 Å². The predicted molar refractivity (Wildman–Crippen MR) is 94.6 cm³/mol. The minimum absolute atomic E-state index is 0.0242. The van der Waals surface area contributed by atoms with Gasteiger partial charge in [0.1, 0.15) is 0 Å². The number of aryl methyl sites for hydroxylation is 1. The van der Waals surface area contributed by atoms with Gasteiger partial charge in [-0.05, 0) is 38.3 Å². The minimum atomic E-state index is -0.486. The first-order valence-corrected chi connectivity index (χ1v) is 8.52. The lowest BCUT2D eigenvalue weighted by Gasteiger charge is -2.21. The number of benzene rings is 1. The second-order valence-corrected chi connectivity index (χ2v) is 6.47. The molecular weight excluding hydrogens is 318 g/mol. The third-order valence-corrected chi connectivity index (χ3v) is 4.66. The molecule has 132 valence electrons. The molecule has 1 atom stereocenters. The summed E-state index contributed by atoms with van der Waals surface area (Å²) in [5.41, 5.74) is 3.33. The lowest BCUT2D eigenvalue weighted by molar-refractivity contribution is -0.136. The highest BCUT2D eigenvalue weighted by Crippen LogP contribution is 2.32. The number of rotatable bonds is 4. The van der Waals surface area contributed by atoms with Crippen molar-refractivity contribution in [2.45, 2.75) is 32.8 Å². The van der Waals surface area contributed by atoms with Gasteiger partial charge in [-0.25, -0.2) is 4.79 Å². The molecule has 3 rings (SSSR count). The van der Waals surface area contributed by atoms with Gasteiger partial charge in [0.05, 0.1) is 30.9 Å². The summed E-state index contributed by atoms with van der Waals surface area (Å²) < 4.78 is 10.6. The summed E-state index contributed by atoms with van der Waals surface area (Å²) in [6.07, 6.45) is 3.73. The minimum Gasteiger partial charge on any atom is -0.465 e. The van der Waals surface area contributed by atoms with Crippen LogP contribution in [-0.4, -0.2) is 43.1 Å². The third-order valence-electron chi connectivity index (χ3n) is 4.66. The number of hydrogen-bond donors (Lipinski definition) is 0. The summed E-state index contributed by atoms with van der Waals surface area (Å²) in [7, 11) is 1.33. The Morgan fingerprint density at radius 1 is 1.40 bits per heavy atom. The van der Waals surface area contributed by atoms with E-state index in [0.717, 1.165) is 30.6 Å². The Kier molecular flexibility index (Phi) is 5.04. The molecule has 0 N–H and O–H groups in total. The summed E-state index contributed by atoms with van der Waals surface area (Å²) >= 11 is 0. The second kappa shape index (κ2) is 7.23. The second-order valence-electron chi connectivity index (χ2n) is 6.47. The number of carbonyl (C=O) groups is 2. The lowest BCUT2D eigenvalue weighted by Crippen LogP contribution is -2.33. The van der Waals surface area contributed by atoms with Crippen molar-refractivity contribution in [1.82, 2.24) is 4.90 Å². The molecule has 0 saturated carbocycles. The van der Waals surface area contributed by atoms with Crippen LogP contribution in [0.15, 0.2) is 41.1 Å². The molecular formula is C20H23NO4. The highest BCUT2D eigenvalue weighted by atomic mass is 16.5. The van der Waals surface area contributed by atoms with Crippen LogP contribution in [0.2, 0.25) is 0 Å². The number of methoxy groups -OCH3 is 1. The van der Waals surface area contributed by atoms with E-state index in [1.807, 2.05) is 31.2 Å². The molecule has 1 amide bonds. The first kappa shape index (κ1) is 17.4. The van der Waals surface area contributed by atoms with Crippen molar-refractivity contribution in [3.63, 3.8) is 0 Å². The molecule has 1 aromatic rings. The molecule has 0 spiro atoms. The molecule has 5 nitrogen and oxygen atoms in total. The third kappa shape index (κ3) is 3.51. The smallest absolute Gasteiger partial charge is 0.340 e. The molecule has 1 saturated heterocycles. The topological polar surface area (TPSA) is 55.8 Å². The van der Waals surface area contributed by atoms with Crippen molar-refractivity contribution in [2.75, 3.05) is 20.3 Å². The average molecular weight is 341 g/mol. The number of ether oxygens (including phenoxy) is 2. The molecule has 5 heteroatoms. The maximum Gasteiger partial charge on any atom is 0.340 e. The molecule has 0 bridgehead atoms. The largest absolute Gasteiger partial charge is 0.465 e. The van der Waals surface area contributed by atoms with Gasteiger partial charge in [-0.2, -0.15) is 0 Å². The van der Waals surface area contributed by atoms with Crippen LogP contribution in [-0.2, 0) is 19.1 Å². The fourth-order valence-corrected chi connectivity index (χ4v) is 3.37. The number of hydrogen-bond acceptors (Lipinski definition) is 4. The van der Waals surface area contributed by atoms with E-state index in [-0.39, 0.29) is 12.0 Å². The van der Waals surface area contributed by atoms with Crippen LogP contribution < -0.4 is 0 Å². The van der Waals surface area contributed by atoms with E-state index in [1.165, 1.54) is 7.11 Å². The van der Waals surface area contributed by atoms with Gasteiger partial charge in [-0.3, -0.25) is 4.79 Å².